The topological polar surface area (TPSA) is 99.5 Å². The summed E-state index contributed by atoms with van der Waals surface area (Å²) in [7, 11) is 3.05. The van der Waals surface area contributed by atoms with Gasteiger partial charge in [0.05, 0.1) is 24.1 Å². The number of hydrogen-bond donors (Lipinski definition) is 0. The Labute approximate surface area is 256 Å². The molecule has 2 amide bonds. The van der Waals surface area contributed by atoms with Gasteiger partial charge in [0.25, 0.3) is 5.91 Å². The van der Waals surface area contributed by atoms with Crippen LogP contribution in [0.3, 0.4) is 0 Å². The molecular formula is C33H51N3O7. The van der Waals surface area contributed by atoms with Crippen molar-refractivity contribution in [2.75, 3.05) is 40.5 Å². The Bertz CT molecular complexity index is 1260. The number of aromatic nitrogens is 1. The van der Waals surface area contributed by atoms with Crippen LogP contribution in [0.25, 0.3) is 10.9 Å². The number of benzene rings is 1. The monoisotopic (exact) mass is 601 g/mol. The average Bonchev–Trinajstić information content (AvgIpc) is 3.32. The Morgan fingerprint density at radius 1 is 1.07 bits per heavy atom. The number of likely N-dealkylation sites (tertiary alicyclic amines) is 1. The standard InChI is InChI=1S/C33H51N3O7/c1-23(2)36(25-15-13-17-34(21-25)31(39)43-32(3,4)5)29(37)26-20-24-14-12-16-27(42-22-33(6,7)30(38)41-9)28(24)35(26)18-10-11-19-40-8/h12,14,16,20,23,25H,10-11,13,15,17-19,21-22H2,1-9H3/t25-/m1/s1. The lowest BCUT2D eigenvalue weighted by molar-refractivity contribution is -0.152. The molecule has 0 spiro atoms. The Morgan fingerprint density at radius 3 is 2.42 bits per heavy atom. The molecule has 0 N–H and O–H groups in total. The summed E-state index contributed by atoms with van der Waals surface area (Å²) in [6.07, 6.45) is 2.88. The second-order valence-electron chi connectivity index (χ2n) is 13.3. The zero-order chi connectivity index (χ0) is 31.9. The Morgan fingerprint density at radius 2 is 1.79 bits per heavy atom. The maximum absolute atomic E-state index is 14.5. The van der Waals surface area contributed by atoms with Gasteiger partial charge in [-0.3, -0.25) is 9.59 Å². The molecule has 0 aliphatic carbocycles. The van der Waals surface area contributed by atoms with Crippen LogP contribution in [0.2, 0.25) is 0 Å². The van der Waals surface area contributed by atoms with E-state index in [0.29, 0.717) is 37.7 Å². The zero-order valence-corrected chi connectivity index (χ0v) is 27.5. The fourth-order valence-electron chi connectivity index (χ4n) is 5.55. The Kier molecular flexibility index (Phi) is 11.5. The van der Waals surface area contributed by atoms with Gasteiger partial charge < -0.3 is 33.3 Å². The number of fused-ring (bicyclic) bond motifs is 1. The number of aryl methyl sites for hydroxylation is 1. The summed E-state index contributed by atoms with van der Waals surface area (Å²) in [5.41, 5.74) is -0.0564. The normalized spacial score (nSPS) is 16.0. The number of amides is 2. The summed E-state index contributed by atoms with van der Waals surface area (Å²) in [6, 6.07) is 7.43. The SMILES string of the molecule is COCCCCn1c(C(=O)N(C(C)C)[C@@H]2CCCN(C(=O)OC(C)(C)C)C2)cc2cccc(OCC(C)(C)C(=O)OC)c21. The number of para-hydroxylation sites is 1. The van der Waals surface area contributed by atoms with E-state index in [0.717, 1.165) is 36.6 Å². The lowest BCUT2D eigenvalue weighted by Gasteiger charge is -2.41. The molecule has 1 fully saturated rings. The highest BCUT2D eigenvalue weighted by atomic mass is 16.6. The predicted molar refractivity (Wildman–Crippen MR) is 166 cm³/mol. The third-order valence-electron chi connectivity index (χ3n) is 7.64. The second-order valence-corrected chi connectivity index (χ2v) is 13.3. The van der Waals surface area contributed by atoms with Crippen LogP contribution in [0.5, 0.6) is 5.75 Å². The molecule has 10 heteroatoms. The van der Waals surface area contributed by atoms with Crippen molar-refractivity contribution < 1.29 is 33.3 Å². The first-order chi connectivity index (χ1) is 20.2. The van der Waals surface area contributed by atoms with Crippen LogP contribution < -0.4 is 4.74 Å². The Hall–Kier alpha value is -3.27. The van der Waals surface area contributed by atoms with Crippen molar-refractivity contribution >= 4 is 28.9 Å². The minimum absolute atomic E-state index is 0.0881. The number of methoxy groups -OCH3 is 2. The highest BCUT2D eigenvalue weighted by Gasteiger charge is 2.36. The van der Waals surface area contributed by atoms with Gasteiger partial charge in [-0.1, -0.05) is 12.1 Å². The highest BCUT2D eigenvalue weighted by Crippen LogP contribution is 2.33. The van der Waals surface area contributed by atoms with Crippen molar-refractivity contribution in [2.45, 2.75) is 98.4 Å². The van der Waals surface area contributed by atoms with E-state index in [4.69, 9.17) is 18.9 Å². The van der Waals surface area contributed by atoms with Crippen molar-refractivity contribution in [3.8, 4) is 5.75 Å². The summed E-state index contributed by atoms with van der Waals surface area (Å²) in [6.45, 7) is 15.5. The number of nitrogens with zero attached hydrogens (tertiary/aromatic N) is 3. The third kappa shape index (κ3) is 8.65. The molecule has 2 aromatic rings. The first kappa shape index (κ1) is 34.2. The second kappa shape index (κ2) is 14.5. The lowest BCUT2D eigenvalue weighted by Crippen LogP contribution is -2.54. The van der Waals surface area contributed by atoms with Crippen molar-refractivity contribution in [1.29, 1.82) is 0 Å². The van der Waals surface area contributed by atoms with Crippen LogP contribution in [0, 0.1) is 5.41 Å². The molecule has 1 aliphatic heterocycles. The maximum Gasteiger partial charge on any atom is 0.410 e. The van der Waals surface area contributed by atoms with E-state index in [2.05, 4.69) is 0 Å². The number of carbonyl (C=O) groups is 3. The number of piperidine rings is 1. The van der Waals surface area contributed by atoms with Crippen LogP contribution in [0.4, 0.5) is 4.79 Å². The van der Waals surface area contributed by atoms with Gasteiger partial charge in [0.1, 0.15) is 23.7 Å². The first-order valence-electron chi connectivity index (χ1n) is 15.3. The molecule has 1 atom stereocenters. The molecular weight excluding hydrogens is 550 g/mol. The summed E-state index contributed by atoms with van der Waals surface area (Å²) < 4.78 is 24.2. The van der Waals surface area contributed by atoms with Crippen molar-refractivity contribution in [2.24, 2.45) is 5.41 Å². The predicted octanol–water partition coefficient (Wildman–Crippen LogP) is 5.90. The number of carbonyl (C=O) groups excluding carboxylic acids is 3. The fourth-order valence-corrected chi connectivity index (χ4v) is 5.55. The van der Waals surface area contributed by atoms with Crippen molar-refractivity contribution in [3.63, 3.8) is 0 Å². The van der Waals surface area contributed by atoms with Crippen molar-refractivity contribution in [3.05, 3.63) is 30.0 Å². The average molecular weight is 602 g/mol. The minimum atomic E-state index is -0.846. The third-order valence-corrected chi connectivity index (χ3v) is 7.64. The number of hydrogen-bond acceptors (Lipinski definition) is 7. The molecule has 1 aliphatic rings. The minimum Gasteiger partial charge on any atom is -0.490 e. The Balaban J connectivity index is 1.99. The number of unbranched alkanes of at least 4 members (excludes halogenated alkanes) is 1. The highest BCUT2D eigenvalue weighted by molar-refractivity contribution is 6.00. The molecule has 240 valence electrons. The smallest absolute Gasteiger partial charge is 0.410 e. The van der Waals surface area contributed by atoms with E-state index in [1.807, 2.05) is 68.4 Å². The van der Waals surface area contributed by atoms with Gasteiger partial charge in [-0.05, 0) is 86.3 Å². The van der Waals surface area contributed by atoms with E-state index < -0.39 is 11.0 Å². The molecule has 1 aromatic carbocycles. The van der Waals surface area contributed by atoms with Crippen LogP contribution in [-0.4, -0.2) is 90.5 Å². The largest absolute Gasteiger partial charge is 0.490 e. The van der Waals surface area contributed by atoms with Crippen LogP contribution >= 0.6 is 0 Å². The van der Waals surface area contributed by atoms with Gasteiger partial charge in [-0.2, -0.15) is 0 Å². The number of ether oxygens (including phenoxy) is 4. The molecule has 0 bridgehead atoms. The molecule has 2 heterocycles. The molecule has 1 saturated heterocycles. The van der Waals surface area contributed by atoms with E-state index in [1.165, 1.54) is 7.11 Å². The van der Waals surface area contributed by atoms with E-state index >= 15 is 0 Å². The number of rotatable bonds is 12. The summed E-state index contributed by atoms with van der Waals surface area (Å²) >= 11 is 0. The quantitative estimate of drug-likeness (QED) is 0.221. The molecule has 1 aromatic heterocycles. The molecule has 0 radical (unpaired) electrons. The van der Waals surface area contributed by atoms with Gasteiger partial charge in [-0.25, -0.2) is 4.79 Å². The molecule has 0 unspecified atom stereocenters. The van der Waals surface area contributed by atoms with Crippen LogP contribution in [-0.2, 0) is 25.5 Å². The molecule has 10 nitrogen and oxygen atoms in total. The van der Waals surface area contributed by atoms with E-state index in [9.17, 15) is 14.4 Å². The summed E-state index contributed by atoms with van der Waals surface area (Å²) in [4.78, 5) is 43.3. The van der Waals surface area contributed by atoms with Gasteiger partial charge in [0, 0.05) is 44.8 Å². The fraction of sp³-hybridized carbons (Fsp3) is 0.667. The zero-order valence-electron chi connectivity index (χ0n) is 27.5. The maximum atomic E-state index is 14.5. The number of esters is 1. The molecule has 0 saturated carbocycles. The van der Waals surface area contributed by atoms with Crippen molar-refractivity contribution in [1.82, 2.24) is 14.4 Å². The van der Waals surface area contributed by atoms with Gasteiger partial charge >= 0.3 is 12.1 Å². The summed E-state index contributed by atoms with van der Waals surface area (Å²) in [5, 5.41) is 0.881. The van der Waals surface area contributed by atoms with Gasteiger partial charge in [0.2, 0.25) is 0 Å². The van der Waals surface area contributed by atoms with Gasteiger partial charge in [0.15, 0.2) is 0 Å². The molecule has 3 rings (SSSR count). The van der Waals surface area contributed by atoms with Gasteiger partial charge in [-0.15, -0.1) is 0 Å². The van der Waals surface area contributed by atoms with Crippen LogP contribution in [0.15, 0.2) is 24.3 Å². The van der Waals surface area contributed by atoms with E-state index in [-0.39, 0.29) is 36.7 Å². The van der Waals surface area contributed by atoms with Crippen LogP contribution in [0.1, 0.15) is 84.6 Å². The van der Waals surface area contributed by atoms with E-state index in [1.54, 1.807) is 25.9 Å². The summed E-state index contributed by atoms with van der Waals surface area (Å²) in [5.74, 6) is 0.158. The first-order valence-corrected chi connectivity index (χ1v) is 15.3. The lowest BCUT2D eigenvalue weighted by atomic mass is 9.95. The molecule has 43 heavy (non-hydrogen) atoms.